The van der Waals surface area contributed by atoms with Gasteiger partial charge in [0.1, 0.15) is 5.82 Å². The van der Waals surface area contributed by atoms with Crippen molar-refractivity contribution in [2.75, 3.05) is 5.73 Å². The number of anilines is 1. The second kappa shape index (κ2) is 4.90. The smallest absolute Gasteiger partial charge is 0.195 e. The Labute approximate surface area is 125 Å². The summed E-state index contributed by atoms with van der Waals surface area (Å²) in [6.07, 6.45) is 1.59. The third-order valence-electron chi connectivity index (χ3n) is 3.54. The number of carbonyl (C=O) groups excluding carboxylic acids is 1. The lowest BCUT2D eigenvalue weighted by molar-refractivity contribution is 0.104. The summed E-state index contributed by atoms with van der Waals surface area (Å²) < 4.78 is 13.8. The van der Waals surface area contributed by atoms with E-state index in [0.29, 0.717) is 21.5 Å². The third-order valence-corrected chi connectivity index (χ3v) is 3.77. The molecule has 0 aliphatic rings. The van der Waals surface area contributed by atoms with Crippen molar-refractivity contribution in [2.45, 2.75) is 6.92 Å². The summed E-state index contributed by atoms with van der Waals surface area (Å²) in [7, 11) is 0. The van der Waals surface area contributed by atoms with Crippen LogP contribution in [-0.4, -0.2) is 10.8 Å². The van der Waals surface area contributed by atoms with Crippen LogP contribution in [0, 0.1) is 12.7 Å². The second-order valence-corrected chi connectivity index (χ2v) is 5.33. The highest BCUT2D eigenvalue weighted by Crippen LogP contribution is 2.26. The first-order valence-corrected chi connectivity index (χ1v) is 6.72. The number of hydrogen-bond acceptors (Lipinski definition) is 2. The largest absolute Gasteiger partial charge is 0.398 e. The monoisotopic (exact) mass is 302 g/mol. The van der Waals surface area contributed by atoms with E-state index in [1.165, 1.54) is 12.1 Å². The number of aromatic nitrogens is 1. The van der Waals surface area contributed by atoms with E-state index in [1.54, 1.807) is 31.3 Å². The number of nitrogen functional groups attached to an aromatic ring is 1. The van der Waals surface area contributed by atoms with Crippen molar-refractivity contribution >= 4 is 34.0 Å². The molecule has 0 radical (unpaired) electrons. The Bertz CT molecular complexity index is 847. The van der Waals surface area contributed by atoms with Crippen molar-refractivity contribution in [2.24, 2.45) is 0 Å². The normalized spacial score (nSPS) is 11.0. The molecule has 0 unspecified atom stereocenters. The van der Waals surface area contributed by atoms with Gasteiger partial charge in [-0.15, -0.1) is 0 Å². The number of nitrogens with one attached hydrogen (secondary N) is 1. The summed E-state index contributed by atoms with van der Waals surface area (Å²) in [4.78, 5) is 15.6. The predicted octanol–water partition coefficient (Wildman–Crippen LogP) is 4.08. The van der Waals surface area contributed by atoms with E-state index in [2.05, 4.69) is 4.98 Å². The maximum atomic E-state index is 13.8. The van der Waals surface area contributed by atoms with Gasteiger partial charge in [0.05, 0.1) is 0 Å². The van der Waals surface area contributed by atoms with Crippen molar-refractivity contribution in [1.82, 2.24) is 4.98 Å². The quantitative estimate of drug-likeness (QED) is 0.553. The van der Waals surface area contributed by atoms with E-state index in [4.69, 9.17) is 17.3 Å². The molecule has 3 nitrogen and oxygen atoms in total. The minimum absolute atomic E-state index is 0.219. The van der Waals surface area contributed by atoms with Gasteiger partial charge in [0.15, 0.2) is 5.78 Å². The second-order valence-electron chi connectivity index (χ2n) is 4.89. The maximum Gasteiger partial charge on any atom is 0.195 e. The molecule has 1 heterocycles. The van der Waals surface area contributed by atoms with Gasteiger partial charge in [-0.1, -0.05) is 11.6 Å². The molecule has 0 amide bonds. The van der Waals surface area contributed by atoms with Crippen LogP contribution in [0.5, 0.6) is 0 Å². The number of fused-ring (bicyclic) bond motifs is 1. The fourth-order valence-corrected chi connectivity index (χ4v) is 2.44. The number of carbonyl (C=O) groups is 1. The number of halogens is 2. The molecule has 5 heteroatoms. The van der Waals surface area contributed by atoms with Gasteiger partial charge in [-0.3, -0.25) is 4.79 Å². The number of rotatable bonds is 2. The predicted molar refractivity (Wildman–Crippen MR) is 82.3 cm³/mol. The van der Waals surface area contributed by atoms with Crippen LogP contribution in [0.4, 0.5) is 10.1 Å². The zero-order chi connectivity index (χ0) is 15.1. The first kappa shape index (κ1) is 13.6. The Balaban J connectivity index is 2.15. The van der Waals surface area contributed by atoms with Crippen LogP contribution in [0.25, 0.3) is 10.9 Å². The van der Waals surface area contributed by atoms with Gasteiger partial charge in [-0.25, -0.2) is 4.39 Å². The molecule has 3 aromatic rings. The van der Waals surface area contributed by atoms with Crippen LogP contribution in [0.1, 0.15) is 21.5 Å². The minimum atomic E-state index is -0.490. The SMILES string of the molecule is Cc1c(N)cc(C(=O)c2c[nH]c3ccc(Cl)cc23)cc1F. The highest BCUT2D eigenvalue weighted by molar-refractivity contribution is 6.31. The Morgan fingerprint density at radius 2 is 2.05 bits per heavy atom. The molecule has 2 aromatic carbocycles. The van der Waals surface area contributed by atoms with Gasteiger partial charge >= 0.3 is 0 Å². The highest BCUT2D eigenvalue weighted by Gasteiger charge is 2.17. The lowest BCUT2D eigenvalue weighted by Crippen LogP contribution is -2.04. The van der Waals surface area contributed by atoms with E-state index < -0.39 is 5.82 Å². The Morgan fingerprint density at radius 1 is 1.29 bits per heavy atom. The number of hydrogen-bond donors (Lipinski definition) is 2. The molecule has 0 atom stereocenters. The third kappa shape index (κ3) is 2.28. The average molecular weight is 303 g/mol. The first-order valence-electron chi connectivity index (χ1n) is 6.34. The summed E-state index contributed by atoms with van der Waals surface area (Å²) in [6, 6.07) is 7.92. The fourth-order valence-electron chi connectivity index (χ4n) is 2.27. The first-order chi connectivity index (χ1) is 9.97. The standard InChI is InChI=1S/C16H12ClFN2O/c1-8-13(18)4-9(5-14(8)19)16(21)12-7-20-15-3-2-10(17)6-11(12)15/h2-7,20H,19H2,1H3. The van der Waals surface area contributed by atoms with Crippen LogP contribution in [-0.2, 0) is 0 Å². The van der Waals surface area contributed by atoms with Crippen molar-refractivity contribution < 1.29 is 9.18 Å². The molecule has 3 N–H and O–H groups in total. The van der Waals surface area contributed by atoms with Gasteiger partial charge in [0.2, 0.25) is 0 Å². The molecule has 0 aliphatic heterocycles. The van der Waals surface area contributed by atoms with Crippen molar-refractivity contribution in [3.05, 3.63) is 64.1 Å². The zero-order valence-electron chi connectivity index (χ0n) is 11.2. The Hall–Kier alpha value is -2.33. The molecule has 0 saturated carbocycles. The van der Waals surface area contributed by atoms with Gasteiger partial charge < -0.3 is 10.7 Å². The maximum absolute atomic E-state index is 13.8. The molecular weight excluding hydrogens is 291 g/mol. The van der Waals surface area contributed by atoms with Crippen LogP contribution < -0.4 is 5.73 Å². The molecule has 0 aliphatic carbocycles. The van der Waals surface area contributed by atoms with E-state index >= 15 is 0 Å². The summed E-state index contributed by atoms with van der Waals surface area (Å²) in [5.74, 6) is -0.787. The highest BCUT2D eigenvalue weighted by atomic mass is 35.5. The molecule has 0 fully saturated rings. The van der Waals surface area contributed by atoms with Crippen molar-refractivity contribution in [1.29, 1.82) is 0 Å². The van der Waals surface area contributed by atoms with Gasteiger partial charge in [0, 0.05) is 44.5 Å². The van der Waals surface area contributed by atoms with Crippen LogP contribution >= 0.6 is 11.6 Å². The average Bonchev–Trinajstić information content (AvgIpc) is 2.86. The number of H-pyrrole nitrogens is 1. The van der Waals surface area contributed by atoms with Crippen molar-refractivity contribution in [3.8, 4) is 0 Å². The molecular formula is C16H12ClFN2O. The fraction of sp³-hybridized carbons (Fsp3) is 0.0625. The topological polar surface area (TPSA) is 58.9 Å². The summed E-state index contributed by atoms with van der Waals surface area (Å²) in [5.41, 5.74) is 7.78. The van der Waals surface area contributed by atoms with Gasteiger partial charge in [-0.2, -0.15) is 0 Å². The van der Waals surface area contributed by atoms with E-state index in [-0.39, 0.29) is 17.0 Å². The van der Waals surface area contributed by atoms with Crippen LogP contribution in [0.3, 0.4) is 0 Å². The summed E-state index contributed by atoms with van der Waals surface area (Å²) >= 11 is 5.96. The summed E-state index contributed by atoms with van der Waals surface area (Å²) in [6.45, 7) is 1.57. The molecule has 3 rings (SSSR count). The number of aromatic amines is 1. The van der Waals surface area contributed by atoms with Crippen LogP contribution in [0.2, 0.25) is 5.02 Å². The lowest BCUT2D eigenvalue weighted by Gasteiger charge is -2.06. The molecule has 0 spiro atoms. The zero-order valence-corrected chi connectivity index (χ0v) is 12.0. The van der Waals surface area contributed by atoms with Crippen LogP contribution in [0.15, 0.2) is 36.5 Å². The van der Waals surface area contributed by atoms with E-state index in [9.17, 15) is 9.18 Å². The lowest BCUT2D eigenvalue weighted by atomic mass is 10.0. The van der Waals surface area contributed by atoms with Gasteiger partial charge in [-0.05, 0) is 37.3 Å². The van der Waals surface area contributed by atoms with Gasteiger partial charge in [0.25, 0.3) is 0 Å². The Morgan fingerprint density at radius 3 is 2.76 bits per heavy atom. The van der Waals surface area contributed by atoms with E-state index in [0.717, 1.165) is 5.52 Å². The number of nitrogens with two attached hydrogens (primary N) is 1. The Kier molecular flexibility index (Phi) is 3.18. The molecule has 106 valence electrons. The number of benzene rings is 2. The van der Waals surface area contributed by atoms with E-state index in [1.807, 2.05) is 0 Å². The molecule has 21 heavy (non-hydrogen) atoms. The minimum Gasteiger partial charge on any atom is -0.398 e. The molecule has 0 bridgehead atoms. The molecule has 0 saturated heterocycles. The van der Waals surface area contributed by atoms with Crippen molar-refractivity contribution in [3.63, 3.8) is 0 Å². The number of ketones is 1. The summed E-state index contributed by atoms with van der Waals surface area (Å²) in [5, 5.41) is 1.23. The molecule has 1 aromatic heterocycles.